The summed E-state index contributed by atoms with van der Waals surface area (Å²) in [4.78, 5) is 12.3. The molecule has 0 unspecified atom stereocenters. The highest BCUT2D eigenvalue weighted by atomic mass is 35.5. The third-order valence-corrected chi connectivity index (χ3v) is 3.53. The Morgan fingerprint density at radius 2 is 2.05 bits per heavy atom. The van der Waals surface area contributed by atoms with Crippen molar-refractivity contribution < 1.29 is 4.74 Å². The number of ether oxygens (including phenoxy) is 1. The zero-order valence-corrected chi connectivity index (χ0v) is 12.1. The molecule has 0 saturated heterocycles. The van der Waals surface area contributed by atoms with Gasteiger partial charge in [0.15, 0.2) is 0 Å². The second kappa shape index (κ2) is 6.08. The van der Waals surface area contributed by atoms with E-state index in [9.17, 15) is 0 Å². The van der Waals surface area contributed by atoms with Gasteiger partial charge in [0.25, 0.3) is 0 Å². The van der Waals surface area contributed by atoms with Gasteiger partial charge in [0.05, 0.1) is 11.1 Å². The lowest BCUT2D eigenvalue weighted by atomic mass is 10.4. The van der Waals surface area contributed by atoms with E-state index in [0.717, 1.165) is 0 Å². The molecule has 7 heteroatoms. The second-order valence-corrected chi connectivity index (χ2v) is 5.34. The van der Waals surface area contributed by atoms with Gasteiger partial charge >= 0.3 is 0 Å². The van der Waals surface area contributed by atoms with Crippen LogP contribution in [0.5, 0.6) is 5.88 Å². The first-order valence-corrected chi connectivity index (χ1v) is 6.83. The maximum absolute atomic E-state index is 6.05. The summed E-state index contributed by atoms with van der Waals surface area (Å²) in [5, 5.41) is 1.77. The normalized spacial score (nSPS) is 10.7. The molecule has 2 aromatic rings. The van der Waals surface area contributed by atoms with Gasteiger partial charge in [-0.3, -0.25) is 0 Å². The largest absolute Gasteiger partial charge is 0.473 e. The zero-order valence-electron chi connectivity index (χ0n) is 10.5. The summed E-state index contributed by atoms with van der Waals surface area (Å²) in [5.41, 5.74) is 6.38. The van der Waals surface area contributed by atoms with Gasteiger partial charge in [-0.2, -0.15) is 4.98 Å². The molecule has 0 amide bonds. The third-order valence-electron chi connectivity index (χ3n) is 2.08. The van der Waals surface area contributed by atoms with E-state index in [2.05, 4.69) is 15.0 Å². The zero-order chi connectivity index (χ0) is 13.8. The molecule has 0 saturated carbocycles. The predicted octanol–water partition coefficient (Wildman–Crippen LogP) is 3.05. The standard InChI is InChI=1S/C12H13ClN4OS/c1-7(2)18-10-9(14)12(17-6-16-10)19-11-8(13)4-3-5-15-11/h3-7H,14H2,1-2H3. The number of nitrogen functional groups attached to an aromatic ring is 1. The van der Waals surface area contributed by atoms with Gasteiger partial charge in [-0.25, -0.2) is 9.97 Å². The fourth-order valence-electron chi connectivity index (χ4n) is 1.30. The van der Waals surface area contributed by atoms with Gasteiger partial charge in [0, 0.05) is 6.20 Å². The Morgan fingerprint density at radius 3 is 2.74 bits per heavy atom. The van der Waals surface area contributed by atoms with E-state index >= 15 is 0 Å². The van der Waals surface area contributed by atoms with E-state index < -0.39 is 0 Å². The minimum atomic E-state index is -0.00603. The molecule has 5 nitrogen and oxygen atoms in total. The van der Waals surface area contributed by atoms with Crippen LogP contribution in [0.4, 0.5) is 5.69 Å². The van der Waals surface area contributed by atoms with Gasteiger partial charge in [0.2, 0.25) is 5.88 Å². The minimum Gasteiger partial charge on any atom is -0.473 e. The lowest BCUT2D eigenvalue weighted by molar-refractivity contribution is 0.233. The van der Waals surface area contributed by atoms with Crippen molar-refractivity contribution in [2.45, 2.75) is 30.0 Å². The number of anilines is 1. The first-order valence-electron chi connectivity index (χ1n) is 5.63. The molecule has 0 spiro atoms. The fraction of sp³-hybridized carbons (Fsp3) is 0.250. The molecule has 0 fully saturated rings. The van der Waals surface area contributed by atoms with E-state index in [1.165, 1.54) is 18.1 Å². The van der Waals surface area contributed by atoms with E-state index in [-0.39, 0.29) is 6.10 Å². The first kappa shape index (κ1) is 13.9. The predicted molar refractivity (Wildman–Crippen MR) is 75.6 cm³/mol. The molecule has 0 radical (unpaired) electrons. The highest BCUT2D eigenvalue weighted by molar-refractivity contribution is 7.99. The lowest BCUT2D eigenvalue weighted by Crippen LogP contribution is -2.10. The van der Waals surface area contributed by atoms with Crippen molar-refractivity contribution in [1.82, 2.24) is 15.0 Å². The molecular formula is C12H13ClN4OS. The van der Waals surface area contributed by atoms with Crippen molar-refractivity contribution in [1.29, 1.82) is 0 Å². The summed E-state index contributed by atoms with van der Waals surface area (Å²) < 4.78 is 5.51. The van der Waals surface area contributed by atoms with Crippen molar-refractivity contribution in [3.63, 3.8) is 0 Å². The minimum absolute atomic E-state index is 0.00603. The fourth-order valence-corrected chi connectivity index (χ4v) is 2.30. The van der Waals surface area contributed by atoms with Crippen molar-refractivity contribution in [2.24, 2.45) is 0 Å². The summed E-state index contributed by atoms with van der Waals surface area (Å²) in [6.07, 6.45) is 3.07. The molecule has 0 aliphatic heterocycles. The van der Waals surface area contributed by atoms with Crippen molar-refractivity contribution >= 4 is 29.1 Å². The Morgan fingerprint density at radius 1 is 1.26 bits per heavy atom. The molecule has 100 valence electrons. The van der Waals surface area contributed by atoms with Gasteiger partial charge in [-0.1, -0.05) is 11.6 Å². The highest BCUT2D eigenvalue weighted by Crippen LogP contribution is 2.35. The summed E-state index contributed by atoms with van der Waals surface area (Å²) in [6.45, 7) is 3.81. The van der Waals surface area contributed by atoms with Crippen LogP contribution >= 0.6 is 23.4 Å². The molecule has 2 rings (SSSR count). The molecule has 0 atom stereocenters. The number of rotatable bonds is 4. The number of nitrogens with zero attached hydrogens (tertiary/aromatic N) is 3. The number of hydrogen-bond donors (Lipinski definition) is 1. The van der Waals surface area contributed by atoms with E-state index in [1.807, 2.05) is 13.8 Å². The van der Waals surface area contributed by atoms with Crippen LogP contribution in [-0.2, 0) is 0 Å². The Labute approximate surface area is 120 Å². The Bertz CT molecular complexity index is 579. The van der Waals surface area contributed by atoms with Crippen LogP contribution in [0.15, 0.2) is 34.7 Å². The topological polar surface area (TPSA) is 73.9 Å². The smallest absolute Gasteiger partial charge is 0.241 e. The van der Waals surface area contributed by atoms with Crippen LogP contribution in [0, 0.1) is 0 Å². The van der Waals surface area contributed by atoms with Gasteiger partial charge in [0.1, 0.15) is 22.1 Å². The third kappa shape index (κ3) is 3.48. The number of hydrogen-bond acceptors (Lipinski definition) is 6. The monoisotopic (exact) mass is 296 g/mol. The number of halogens is 1. The summed E-state index contributed by atoms with van der Waals surface area (Å²) >= 11 is 7.33. The maximum atomic E-state index is 6.05. The SMILES string of the molecule is CC(C)Oc1ncnc(Sc2ncccc2Cl)c1N. The van der Waals surface area contributed by atoms with Gasteiger partial charge < -0.3 is 10.5 Å². The molecule has 0 aliphatic carbocycles. The summed E-state index contributed by atoms with van der Waals surface area (Å²) in [5.74, 6) is 0.375. The highest BCUT2D eigenvalue weighted by Gasteiger charge is 2.13. The number of nitrogens with two attached hydrogens (primary N) is 1. The van der Waals surface area contributed by atoms with E-state index in [4.69, 9.17) is 22.1 Å². The molecule has 2 aromatic heterocycles. The molecular weight excluding hydrogens is 284 g/mol. The number of pyridine rings is 1. The van der Waals surface area contributed by atoms with Crippen LogP contribution in [0.1, 0.15) is 13.8 Å². The van der Waals surface area contributed by atoms with Crippen LogP contribution < -0.4 is 10.5 Å². The first-order chi connectivity index (χ1) is 9.08. The molecule has 2 N–H and O–H groups in total. The molecule has 19 heavy (non-hydrogen) atoms. The average Bonchev–Trinajstić information content (AvgIpc) is 2.36. The molecule has 0 aromatic carbocycles. The molecule has 0 bridgehead atoms. The van der Waals surface area contributed by atoms with Crippen molar-refractivity contribution in [3.05, 3.63) is 29.7 Å². The van der Waals surface area contributed by atoms with Crippen LogP contribution in [0.3, 0.4) is 0 Å². The van der Waals surface area contributed by atoms with Crippen molar-refractivity contribution in [3.8, 4) is 5.88 Å². The van der Waals surface area contributed by atoms with E-state index in [1.54, 1.807) is 18.3 Å². The quantitative estimate of drug-likeness (QED) is 0.874. The summed E-state index contributed by atoms with van der Waals surface area (Å²) in [7, 11) is 0. The second-order valence-electron chi connectivity index (χ2n) is 3.96. The lowest BCUT2D eigenvalue weighted by Gasteiger charge is -2.12. The van der Waals surface area contributed by atoms with Crippen LogP contribution in [0.2, 0.25) is 5.02 Å². The Kier molecular flexibility index (Phi) is 4.44. The molecule has 0 aliphatic rings. The van der Waals surface area contributed by atoms with E-state index in [0.29, 0.717) is 26.6 Å². The van der Waals surface area contributed by atoms with Gasteiger partial charge in [-0.15, -0.1) is 0 Å². The van der Waals surface area contributed by atoms with Crippen LogP contribution in [0.25, 0.3) is 0 Å². The molecule has 2 heterocycles. The Hall–Kier alpha value is -1.53. The maximum Gasteiger partial charge on any atom is 0.241 e. The average molecular weight is 297 g/mol. The number of aromatic nitrogens is 3. The van der Waals surface area contributed by atoms with Crippen molar-refractivity contribution in [2.75, 3.05) is 5.73 Å². The Balaban J connectivity index is 2.28. The van der Waals surface area contributed by atoms with Gasteiger partial charge in [-0.05, 0) is 37.7 Å². The summed E-state index contributed by atoms with van der Waals surface area (Å²) in [6, 6.07) is 3.53. The van der Waals surface area contributed by atoms with Crippen LogP contribution in [-0.4, -0.2) is 21.1 Å².